The number of hydrogen-bond donors (Lipinski definition) is 1. The molecule has 0 aliphatic carbocycles. The summed E-state index contributed by atoms with van der Waals surface area (Å²) in [4.78, 5) is 40.2. The highest BCUT2D eigenvalue weighted by Gasteiger charge is 2.27. The van der Waals surface area contributed by atoms with E-state index in [1.54, 1.807) is 0 Å². The summed E-state index contributed by atoms with van der Waals surface area (Å²) in [5, 5.41) is 3.05. The molecule has 0 spiro atoms. The van der Waals surface area contributed by atoms with Crippen molar-refractivity contribution in [3.8, 4) is 0 Å². The van der Waals surface area contributed by atoms with Gasteiger partial charge in [-0.1, -0.05) is 327 Å². The number of likely N-dealkylation sites (N-methyl/N-ethyl adjacent to an activating group) is 1. The zero-order chi connectivity index (χ0) is 61.4. The third-order valence-corrected chi connectivity index (χ3v) is 17.5. The van der Waals surface area contributed by atoms with Crippen LogP contribution >= 0.6 is 7.82 Å². The number of esters is 1. The van der Waals surface area contributed by atoms with Crippen LogP contribution in [0.25, 0.3) is 0 Å². The Morgan fingerprint density at radius 1 is 0.417 bits per heavy atom. The van der Waals surface area contributed by atoms with Gasteiger partial charge >= 0.3 is 5.97 Å². The molecule has 1 amide bonds. The summed E-state index contributed by atoms with van der Waals surface area (Å²) in [5.74, 6) is -0.539. The van der Waals surface area contributed by atoms with Gasteiger partial charge in [0.15, 0.2) is 0 Å². The molecule has 84 heavy (non-hydrogen) atoms. The van der Waals surface area contributed by atoms with Gasteiger partial charge in [-0.05, 0) is 70.3 Å². The zero-order valence-corrected chi connectivity index (χ0v) is 57.5. The average molecular weight is 1200 g/mol. The Labute approximate surface area is 522 Å². The Morgan fingerprint density at radius 2 is 0.726 bits per heavy atom. The van der Waals surface area contributed by atoms with Gasteiger partial charge in [-0.15, -0.1) is 0 Å². The number of quaternary nitrogens is 1. The Balaban J connectivity index is 4.99. The van der Waals surface area contributed by atoms with Crippen molar-refractivity contribution in [1.29, 1.82) is 0 Å². The molecule has 0 aliphatic heterocycles. The molecular weight excluding hydrogens is 1060 g/mol. The molecular formula is C74H141N2O7P. The first-order valence-corrected chi connectivity index (χ1v) is 37.9. The molecule has 3 unspecified atom stereocenters. The molecule has 3 atom stereocenters. The van der Waals surface area contributed by atoms with Crippen LogP contribution in [0.15, 0.2) is 48.6 Å². The highest BCUT2D eigenvalue weighted by atomic mass is 31.2. The quantitative estimate of drug-likeness (QED) is 0.0212. The van der Waals surface area contributed by atoms with E-state index in [0.29, 0.717) is 17.4 Å². The molecule has 0 aliphatic rings. The van der Waals surface area contributed by atoms with Crippen molar-refractivity contribution < 1.29 is 37.3 Å². The molecule has 0 fully saturated rings. The first-order chi connectivity index (χ1) is 40.9. The van der Waals surface area contributed by atoms with Gasteiger partial charge in [-0.2, -0.15) is 0 Å². The average Bonchev–Trinajstić information content (AvgIpc) is 3.65. The fraction of sp³-hybridized carbons (Fsp3) is 0.865. The number of hydrogen-bond acceptors (Lipinski definition) is 7. The zero-order valence-electron chi connectivity index (χ0n) is 56.6. The molecule has 0 aromatic heterocycles. The molecule has 0 rings (SSSR count). The van der Waals surface area contributed by atoms with Gasteiger partial charge in [0.2, 0.25) is 5.91 Å². The van der Waals surface area contributed by atoms with Crippen LogP contribution in [0.5, 0.6) is 0 Å². The molecule has 494 valence electrons. The van der Waals surface area contributed by atoms with Crippen LogP contribution in [-0.2, 0) is 27.9 Å². The van der Waals surface area contributed by atoms with E-state index in [2.05, 4.69) is 62.5 Å². The molecule has 9 nitrogen and oxygen atoms in total. The summed E-state index contributed by atoms with van der Waals surface area (Å²) < 4.78 is 30.4. The Morgan fingerprint density at radius 3 is 1.11 bits per heavy atom. The van der Waals surface area contributed by atoms with Crippen molar-refractivity contribution in [2.24, 2.45) is 0 Å². The maximum absolute atomic E-state index is 13.6. The lowest BCUT2D eigenvalue weighted by atomic mass is 10.0. The normalized spacial score (nSPS) is 13.8. The van der Waals surface area contributed by atoms with Crippen LogP contribution in [0, 0.1) is 0 Å². The van der Waals surface area contributed by atoms with Gasteiger partial charge in [-0.25, -0.2) is 0 Å². The van der Waals surface area contributed by atoms with Crippen LogP contribution in [0.1, 0.15) is 361 Å². The fourth-order valence-corrected chi connectivity index (χ4v) is 11.6. The van der Waals surface area contributed by atoms with Gasteiger partial charge in [0.1, 0.15) is 19.3 Å². The van der Waals surface area contributed by atoms with E-state index < -0.39 is 20.0 Å². The number of ether oxygens (including phenoxy) is 1. The largest absolute Gasteiger partial charge is 0.756 e. The fourth-order valence-electron chi connectivity index (χ4n) is 10.9. The Kier molecular flexibility index (Phi) is 62.4. The number of unbranched alkanes of at least 4 members (excludes halogenated alkanes) is 45. The lowest BCUT2D eigenvalue weighted by molar-refractivity contribution is -0.870. The van der Waals surface area contributed by atoms with Gasteiger partial charge in [0.25, 0.3) is 7.82 Å². The third-order valence-electron chi connectivity index (χ3n) is 16.5. The van der Waals surface area contributed by atoms with E-state index >= 15 is 0 Å². The number of allylic oxidation sites excluding steroid dienone is 7. The van der Waals surface area contributed by atoms with Gasteiger partial charge in [-0.3, -0.25) is 14.2 Å². The highest BCUT2D eigenvalue weighted by Crippen LogP contribution is 2.38. The number of nitrogens with zero attached hydrogens (tertiary/aromatic N) is 1. The summed E-state index contributed by atoms with van der Waals surface area (Å²) in [6, 6.07) is -0.893. The first kappa shape index (κ1) is 82.0. The highest BCUT2D eigenvalue weighted by molar-refractivity contribution is 7.45. The topological polar surface area (TPSA) is 114 Å². The summed E-state index contributed by atoms with van der Waals surface area (Å²) in [6.45, 7) is 6.86. The van der Waals surface area contributed by atoms with Crippen molar-refractivity contribution in [3.63, 3.8) is 0 Å². The van der Waals surface area contributed by atoms with Crippen LogP contribution in [0.3, 0.4) is 0 Å². The second-order valence-corrected chi connectivity index (χ2v) is 27.5. The summed E-state index contributed by atoms with van der Waals surface area (Å²) in [5.41, 5.74) is 0. The second kappa shape index (κ2) is 64.0. The van der Waals surface area contributed by atoms with E-state index in [1.165, 1.54) is 244 Å². The molecule has 0 radical (unpaired) electrons. The molecule has 0 heterocycles. The van der Waals surface area contributed by atoms with Crippen LogP contribution < -0.4 is 10.2 Å². The number of amides is 1. The molecule has 0 aromatic rings. The van der Waals surface area contributed by atoms with Gasteiger partial charge < -0.3 is 28.5 Å². The molecule has 0 saturated heterocycles. The predicted molar refractivity (Wildman–Crippen MR) is 363 cm³/mol. The Hall–Kier alpha value is -2.03. The smallest absolute Gasteiger partial charge is 0.306 e. The Bertz CT molecular complexity index is 1570. The van der Waals surface area contributed by atoms with Crippen molar-refractivity contribution in [1.82, 2.24) is 5.32 Å². The van der Waals surface area contributed by atoms with Crippen LogP contribution in [0.2, 0.25) is 0 Å². The molecule has 0 bridgehead atoms. The van der Waals surface area contributed by atoms with Crippen molar-refractivity contribution in [2.45, 2.75) is 373 Å². The van der Waals surface area contributed by atoms with Gasteiger partial charge in [0, 0.05) is 12.8 Å². The minimum atomic E-state index is -4.71. The SMILES string of the molecule is CCCCC/C=C\C/C=C\C/C=C\CCCCCCCCC(=O)OC(/C=C\CCCCCCCCCCCC)C(COP(=O)([O-])OCC[N+](C)(C)C)NC(=O)CCCCCCCCCCCCCCCCCCCCCCCCCCCCC. The van der Waals surface area contributed by atoms with E-state index in [-0.39, 0.29) is 31.5 Å². The molecule has 1 N–H and O–H groups in total. The summed E-state index contributed by atoms with van der Waals surface area (Å²) in [7, 11) is 1.19. The van der Waals surface area contributed by atoms with Crippen LogP contribution in [-0.4, -0.2) is 69.4 Å². The maximum Gasteiger partial charge on any atom is 0.306 e. The number of nitrogens with one attached hydrogen (secondary N) is 1. The number of carbonyl (C=O) groups is 2. The molecule has 0 saturated carbocycles. The van der Waals surface area contributed by atoms with Crippen molar-refractivity contribution in [3.05, 3.63) is 48.6 Å². The van der Waals surface area contributed by atoms with E-state index in [4.69, 9.17) is 13.8 Å². The minimum absolute atomic E-state index is 0.0231. The van der Waals surface area contributed by atoms with E-state index in [9.17, 15) is 19.0 Å². The monoisotopic (exact) mass is 1200 g/mol. The number of phosphoric acid groups is 1. The first-order valence-electron chi connectivity index (χ1n) is 36.4. The van der Waals surface area contributed by atoms with E-state index in [1.807, 2.05) is 33.3 Å². The predicted octanol–water partition coefficient (Wildman–Crippen LogP) is 22.6. The lowest BCUT2D eigenvalue weighted by Gasteiger charge is -2.30. The number of carbonyl (C=O) groups excluding carboxylic acids is 2. The summed E-state index contributed by atoms with van der Waals surface area (Å²) in [6.07, 6.45) is 81.0. The van der Waals surface area contributed by atoms with Crippen molar-refractivity contribution >= 4 is 19.7 Å². The van der Waals surface area contributed by atoms with Crippen molar-refractivity contribution in [2.75, 3.05) is 40.9 Å². The van der Waals surface area contributed by atoms with Crippen LogP contribution in [0.4, 0.5) is 0 Å². The minimum Gasteiger partial charge on any atom is -0.756 e. The molecule has 0 aromatic carbocycles. The maximum atomic E-state index is 13.6. The summed E-state index contributed by atoms with van der Waals surface area (Å²) >= 11 is 0. The van der Waals surface area contributed by atoms with E-state index in [0.717, 1.165) is 83.5 Å². The van der Waals surface area contributed by atoms with Gasteiger partial charge in [0.05, 0.1) is 33.8 Å². The third kappa shape index (κ3) is 64.4. The molecule has 10 heteroatoms. The number of phosphoric ester groups is 1. The number of rotatable bonds is 67. The lowest BCUT2D eigenvalue weighted by Crippen LogP contribution is -2.47. The standard InChI is InChI=1S/C74H141N2O7P/c1-7-10-13-16-19-22-25-28-30-32-34-35-36-37-38-39-40-41-43-44-46-48-51-54-57-60-63-66-73(77)75-71(70-82-84(79,80)81-69-68-76(4,5)6)72(65-62-59-56-53-50-27-24-21-18-15-12-9-3)83-74(78)67-64-61-58-55-52-49-47-45-42-33-31-29-26-23-20-17-14-11-8-2/h20,23,29,31,42,45,62,65,71-72H,7-19,21-22,24-28,30,32-41,43-44,46-61,63-64,66-70H2,1-6H3,(H-,75,77,79,80)/b23-20-,31-29-,45-42-,65-62-. The second-order valence-electron chi connectivity index (χ2n) is 26.1.